The first-order valence-electron chi connectivity index (χ1n) is 12.4. The van der Waals surface area contributed by atoms with E-state index in [0.717, 1.165) is 16.9 Å². The topological polar surface area (TPSA) is 184 Å². The predicted molar refractivity (Wildman–Crippen MR) is 154 cm³/mol. The number of fused-ring (bicyclic) bond motifs is 1. The molecule has 4 rings (SSSR count). The average molecular weight is 617 g/mol. The summed E-state index contributed by atoms with van der Waals surface area (Å²) < 4.78 is 15.7. The summed E-state index contributed by atoms with van der Waals surface area (Å²) in [6.45, 7) is -0.0997. The Hall–Kier alpha value is -4.57. The SMILES string of the molecule is CNC(=O)OC/C=C\C1=C(C(=O)OCc2ccc(OC)cc2)N2C(=O)[C@@H](NC(=O)/C(=N\OC)c3csc(N)n3)[C@H]2SC1. The second-order valence-corrected chi connectivity index (χ2v) is 10.6. The number of nitrogens with zero attached hydrogens (tertiary/aromatic N) is 3. The fraction of sp³-hybridized carbons (Fsp3) is 0.308. The number of β-lactam (4-membered cyclic amide) rings is 1. The molecular formula is C26H28N6O8S2. The minimum absolute atomic E-state index is 0.0389. The maximum atomic E-state index is 13.4. The lowest BCUT2D eigenvalue weighted by Gasteiger charge is -2.49. The maximum absolute atomic E-state index is 13.4. The van der Waals surface area contributed by atoms with Crippen molar-refractivity contribution in [1.82, 2.24) is 20.5 Å². The number of thioether (sulfide) groups is 1. The van der Waals surface area contributed by atoms with Gasteiger partial charge in [-0.2, -0.15) is 0 Å². The van der Waals surface area contributed by atoms with Crippen molar-refractivity contribution in [2.75, 3.05) is 39.4 Å². The third-order valence-corrected chi connectivity index (χ3v) is 7.98. The van der Waals surface area contributed by atoms with E-state index in [1.54, 1.807) is 48.9 Å². The summed E-state index contributed by atoms with van der Waals surface area (Å²) in [5.74, 6) is -0.959. The number of aromatic nitrogens is 1. The molecule has 0 spiro atoms. The summed E-state index contributed by atoms with van der Waals surface area (Å²) in [4.78, 5) is 61.3. The van der Waals surface area contributed by atoms with Gasteiger partial charge in [0.25, 0.3) is 11.8 Å². The fourth-order valence-corrected chi connectivity index (χ4v) is 5.85. The van der Waals surface area contributed by atoms with E-state index in [1.165, 1.54) is 30.8 Å². The number of alkyl carbamates (subject to hydrolysis) is 1. The van der Waals surface area contributed by atoms with E-state index in [0.29, 0.717) is 17.1 Å². The second kappa shape index (κ2) is 13.9. The first kappa shape index (κ1) is 30.4. The number of carbonyl (C=O) groups is 4. The monoisotopic (exact) mass is 616 g/mol. The highest BCUT2D eigenvalue weighted by Crippen LogP contribution is 2.41. The van der Waals surface area contributed by atoms with Crippen molar-refractivity contribution in [1.29, 1.82) is 0 Å². The summed E-state index contributed by atoms with van der Waals surface area (Å²) in [5.41, 5.74) is 6.99. The van der Waals surface area contributed by atoms with Gasteiger partial charge in [-0.3, -0.25) is 14.5 Å². The van der Waals surface area contributed by atoms with Crippen LogP contribution in [-0.4, -0.2) is 84.5 Å². The lowest BCUT2D eigenvalue weighted by Crippen LogP contribution is -2.71. The van der Waals surface area contributed by atoms with Crippen LogP contribution in [0.4, 0.5) is 9.93 Å². The van der Waals surface area contributed by atoms with Gasteiger partial charge in [0.15, 0.2) is 10.8 Å². The van der Waals surface area contributed by atoms with Crippen LogP contribution in [0.25, 0.3) is 0 Å². The first-order chi connectivity index (χ1) is 20.3. The summed E-state index contributed by atoms with van der Waals surface area (Å²) in [6, 6.07) is 6.04. The molecule has 2 aliphatic heterocycles. The van der Waals surface area contributed by atoms with Crippen molar-refractivity contribution < 1.29 is 38.2 Å². The molecule has 0 unspecified atom stereocenters. The Labute approximate surface area is 248 Å². The number of esters is 1. The Morgan fingerprint density at radius 2 is 1.98 bits per heavy atom. The van der Waals surface area contributed by atoms with Crippen LogP contribution >= 0.6 is 23.1 Å². The lowest BCUT2D eigenvalue weighted by molar-refractivity contribution is -0.153. The number of nitrogens with one attached hydrogen (secondary N) is 2. The van der Waals surface area contributed by atoms with E-state index in [1.807, 2.05) is 0 Å². The number of benzene rings is 1. The zero-order chi connectivity index (χ0) is 30.2. The summed E-state index contributed by atoms with van der Waals surface area (Å²) in [5, 5.41) is 9.94. The molecule has 3 heterocycles. The third kappa shape index (κ3) is 6.83. The number of nitrogens with two attached hydrogens (primary N) is 1. The van der Waals surface area contributed by atoms with E-state index in [2.05, 4.69) is 20.8 Å². The number of amides is 3. The molecule has 3 amide bonds. The van der Waals surface area contributed by atoms with Gasteiger partial charge in [-0.25, -0.2) is 14.6 Å². The molecule has 2 aromatic rings. The van der Waals surface area contributed by atoms with Crippen LogP contribution in [-0.2, 0) is 35.3 Å². The molecule has 0 saturated carbocycles. The molecular weight excluding hydrogens is 588 g/mol. The largest absolute Gasteiger partial charge is 0.497 e. The van der Waals surface area contributed by atoms with E-state index >= 15 is 0 Å². The van der Waals surface area contributed by atoms with Gasteiger partial charge in [0, 0.05) is 18.2 Å². The standard InChI is InChI=1S/C26H28N6O8S2/c1-28-26(36)39-10-4-5-15-12-41-23-19(30-21(33)18(31-38-3)17-13-42-25(27)29-17)22(34)32(23)20(15)24(35)40-11-14-6-8-16(37-2)9-7-14/h4-9,13,19,23H,10-12H2,1-3H3,(H2,27,29)(H,28,36)(H,30,33)/b5-4-,31-18-/t19-,23-/m1/s1. The second-order valence-electron chi connectivity index (χ2n) is 8.60. The zero-order valence-electron chi connectivity index (χ0n) is 22.8. The first-order valence-corrected chi connectivity index (χ1v) is 14.3. The van der Waals surface area contributed by atoms with Gasteiger partial charge in [0.05, 0.1) is 7.11 Å². The van der Waals surface area contributed by atoms with Crippen LogP contribution in [0.2, 0.25) is 0 Å². The Bertz CT molecular complexity index is 1440. The number of carbonyl (C=O) groups excluding carboxylic acids is 4. The van der Waals surface area contributed by atoms with Crippen LogP contribution in [0.3, 0.4) is 0 Å². The van der Waals surface area contributed by atoms with Gasteiger partial charge in [0.2, 0.25) is 0 Å². The molecule has 0 bridgehead atoms. The van der Waals surface area contributed by atoms with Crippen LogP contribution in [0.1, 0.15) is 11.3 Å². The molecule has 222 valence electrons. The molecule has 0 radical (unpaired) electrons. The normalized spacial score (nSPS) is 18.2. The maximum Gasteiger partial charge on any atom is 0.407 e. The predicted octanol–water partition coefficient (Wildman–Crippen LogP) is 1.39. The van der Waals surface area contributed by atoms with Gasteiger partial charge in [-0.05, 0) is 29.3 Å². The highest BCUT2D eigenvalue weighted by atomic mass is 32.2. The average Bonchev–Trinajstić information content (AvgIpc) is 3.44. The Morgan fingerprint density at radius 1 is 1.21 bits per heavy atom. The summed E-state index contributed by atoms with van der Waals surface area (Å²) in [6.07, 6.45) is 2.54. The highest BCUT2D eigenvalue weighted by Gasteiger charge is 2.54. The summed E-state index contributed by atoms with van der Waals surface area (Å²) >= 11 is 2.47. The number of hydrogen-bond acceptors (Lipinski definition) is 13. The molecule has 14 nitrogen and oxygen atoms in total. The Kier molecular flexibility index (Phi) is 10.0. The molecule has 2 atom stereocenters. The number of rotatable bonds is 11. The molecule has 0 aliphatic carbocycles. The molecule has 4 N–H and O–H groups in total. The van der Waals surface area contributed by atoms with Crippen LogP contribution in [0.5, 0.6) is 5.75 Å². The number of thiazole rings is 1. The molecule has 1 fully saturated rings. The Morgan fingerprint density at radius 3 is 2.62 bits per heavy atom. The van der Waals surface area contributed by atoms with Crippen molar-refractivity contribution in [3.63, 3.8) is 0 Å². The highest BCUT2D eigenvalue weighted by molar-refractivity contribution is 8.00. The van der Waals surface area contributed by atoms with Crippen molar-refractivity contribution in [3.05, 3.63) is 64.3 Å². The van der Waals surface area contributed by atoms with Gasteiger partial charge in [-0.15, -0.1) is 23.1 Å². The molecule has 2 aliphatic rings. The molecule has 1 aromatic carbocycles. The van der Waals surface area contributed by atoms with Crippen molar-refractivity contribution >= 4 is 57.8 Å². The minimum atomic E-state index is -0.952. The number of methoxy groups -OCH3 is 1. The quantitative estimate of drug-likeness (QED) is 0.144. The van der Waals surface area contributed by atoms with Crippen molar-refractivity contribution in [2.45, 2.75) is 18.0 Å². The number of anilines is 1. The van der Waals surface area contributed by atoms with Gasteiger partial charge in [0.1, 0.15) is 48.9 Å². The summed E-state index contributed by atoms with van der Waals surface area (Å²) in [7, 11) is 4.26. The van der Waals surface area contributed by atoms with Gasteiger partial charge in [-0.1, -0.05) is 23.4 Å². The number of allylic oxidation sites excluding steroid dienone is 1. The number of hydrogen-bond donors (Lipinski definition) is 3. The molecule has 16 heteroatoms. The zero-order valence-corrected chi connectivity index (χ0v) is 24.5. The van der Waals surface area contributed by atoms with Crippen LogP contribution < -0.4 is 21.1 Å². The van der Waals surface area contributed by atoms with Crippen molar-refractivity contribution in [3.8, 4) is 5.75 Å². The van der Waals surface area contributed by atoms with E-state index in [4.69, 9.17) is 24.8 Å². The minimum Gasteiger partial charge on any atom is -0.497 e. The van der Waals surface area contributed by atoms with Crippen molar-refractivity contribution in [2.24, 2.45) is 5.16 Å². The van der Waals surface area contributed by atoms with Gasteiger partial charge >= 0.3 is 12.1 Å². The number of ether oxygens (including phenoxy) is 3. The van der Waals surface area contributed by atoms with Crippen LogP contribution in [0, 0.1) is 0 Å². The molecule has 1 aromatic heterocycles. The van der Waals surface area contributed by atoms with E-state index in [9.17, 15) is 19.2 Å². The molecule has 42 heavy (non-hydrogen) atoms. The smallest absolute Gasteiger partial charge is 0.407 e. The van der Waals surface area contributed by atoms with E-state index in [-0.39, 0.29) is 35.4 Å². The number of oxime groups is 1. The lowest BCUT2D eigenvalue weighted by atomic mass is 10.0. The Balaban J connectivity index is 1.52. The fourth-order valence-electron chi connectivity index (χ4n) is 3.99. The van der Waals surface area contributed by atoms with Crippen LogP contribution in [0.15, 0.2) is 58.2 Å². The third-order valence-electron chi connectivity index (χ3n) is 6.00. The van der Waals surface area contributed by atoms with Gasteiger partial charge < -0.3 is 35.4 Å². The number of nitrogen functional groups attached to an aromatic ring is 1. The van der Waals surface area contributed by atoms with E-state index < -0.39 is 35.3 Å². The molecule has 1 saturated heterocycles.